The molecule has 0 fully saturated rings. The summed E-state index contributed by atoms with van der Waals surface area (Å²) in [6, 6.07) is 0. The Kier molecular flexibility index (Phi) is 11.8. The van der Waals surface area contributed by atoms with E-state index in [2.05, 4.69) is 12.2 Å². The number of aliphatic hydroxyl groups is 1. The lowest BCUT2D eigenvalue weighted by atomic mass is 9.95. The molecule has 0 saturated carbocycles. The summed E-state index contributed by atoms with van der Waals surface area (Å²) >= 11 is 0. The predicted octanol–water partition coefficient (Wildman–Crippen LogP) is 4.04. The van der Waals surface area contributed by atoms with Crippen molar-refractivity contribution in [2.24, 2.45) is 5.41 Å². The van der Waals surface area contributed by atoms with Gasteiger partial charge in [0.1, 0.15) is 0 Å². The van der Waals surface area contributed by atoms with E-state index in [0.717, 1.165) is 12.8 Å². The molecule has 0 spiro atoms. The van der Waals surface area contributed by atoms with E-state index in [9.17, 15) is 4.79 Å². The molecule has 0 saturated heterocycles. The summed E-state index contributed by atoms with van der Waals surface area (Å²) in [6.07, 6.45) is 12.1. The molecule has 0 aliphatic heterocycles. The van der Waals surface area contributed by atoms with Crippen molar-refractivity contribution in [2.75, 3.05) is 13.2 Å². The fraction of sp³-hybridized carbons (Fsp3) is 0.941. The Hall–Kier alpha value is -0.570. The fourth-order valence-electron chi connectivity index (χ4n) is 2.08. The van der Waals surface area contributed by atoms with Crippen molar-refractivity contribution in [3.8, 4) is 0 Å². The molecule has 0 bridgehead atoms. The van der Waals surface area contributed by atoms with Gasteiger partial charge < -0.3 is 10.4 Å². The Balaban J connectivity index is 3.32. The van der Waals surface area contributed by atoms with Gasteiger partial charge in [-0.05, 0) is 6.42 Å². The highest BCUT2D eigenvalue weighted by Gasteiger charge is 2.16. The van der Waals surface area contributed by atoms with Crippen molar-refractivity contribution in [3.05, 3.63) is 0 Å². The molecule has 0 unspecified atom stereocenters. The van der Waals surface area contributed by atoms with Crippen LogP contribution in [0.25, 0.3) is 0 Å². The summed E-state index contributed by atoms with van der Waals surface area (Å²) in [5.41, 5.74) is -0.214. The molecule has 0 radical (unpaired) electrons. The molecule has 0 aliphatic rings. The quantitative estimate of drug-likeness (QED) is 0.502. The van der Waals surface area contributed by atoms with Crippen molar-refractivity contribution in [1.29, 1.82) is 0 Å². The first-order chi connectivity index (χ1) is 9.52. The molecule has 0 atom stereocenters. The first-order valence-corrected chi connectivity index (χ1v) is 8.39. The fourth-order valence-corrected chi connectivity index (χ4v) is 2.08. The van der Waals surface area contributed by atoms with Crippen molar-refractivity contribution >= 4 is 5.91 Å². The van der Waals surface area contributed by atoms with E-state index in [1.54, 1.807) is 0 Å². The Morgan fingerprint density at radius 1 is 0.950 bits per heavy atom. The van der Waals surface area contributed by atoms with Gasteiger partial charge in [0, 0.05) is 25.0 Å². The number of amides is 1. The maximum absolute atomic E-state index is 11.6. The van der Waals surface area contributed by atoms with Crippen LogP contribution in [0.1, 0.15) is 85.0 Å². The van der Waals surface area contributed by atoms with Crippen LogP contribution in [0.4, 0.5) is 0 Å². The van der Waals surface area contributed by atoms with E-state index in [1.165, 1.54) is 44.9 Å². The highest BCUT2D eigenvalue weighted by atomic mass is 16.3. The number of unbranched alkanes of at least 4 members (excludes halogenated alkanes) is 8. The van der Waals surface area contributed by atoms with E-state index in [4.69, 9.17) is 5.11 Å². The van der Waals surface area contributed by atoms with Gasteiger partial charge in [-0.2, -0.15) is 0 Å². The van der Waals surface area contributed by atoms with E-state index in [-0.39, 0.29) is 17.9 Å². The second-order valence-electron chi connectivity index (χ2n) is 6.68. The third-order valence-electron chi connectivity index (χ3n) is 3.70. The minimum absolute atomic E-state index is 0.102. The van der Waals surface area contributed by atoms with Gasteiger partial charge in [0.15, 0.2) is 0 Å². The van der Waals surface area contributed by atoms with Crippen LogP contribution >= 0.6 is 0 Å². The Labute approximate surface area is 125 Å². The maximum Gasteiger partial charge on any atom is 0.220 e. The first kappa shape index (κ1) is 19.4. The highest BCUT2D eigenvalue weighted by molar-refractivity contribution is 5.75. The number of rotatable bonds is 13. The largest absolute Gasteiger partial charge is 0.396 e. The van der Waals surface area contributed by atoms with Crippen LogP contribution < -0.4 is 5.32 Å². The normalized spacial score (nSPS) is 11.6. The Bertz CT molecular complexity index is 239. The summed E-state index contributed by atoms with van der Waals surface area (Å²) < 4.78 is 0. The lowest BCUT2D eigenvalue weighted by Gasteiger charge is -2.21. The van der Waals surface area contributed by atoms with Crippen LogP contribution in [0.3, 0.4) is 0 Å². The second-order valence-corrected chi connectivity index (χ2v) is 6.68. The molecule has 3 heteroatoms. The summed E-state index contributed by atoms with van der Waals surface area (Å²) in [4.78, 5) is 11.6. The number of hydrogen-bond donors (Lipinski definition) is 2. The number of aliphatic hydroxyl groups excluding tert-OH is 1. The summed E-state index contributed by atoms with van der Waals surface area (Å²) in [6.45, 7) is 6.80. The van der Waals surface area contributed by atoms with Crippen molar-refractivity contribution in [1.82, 2.24) is 5.32 Å². The Morgan fingerprint density at radius 3 is 1.95 bits per heavy atom. The standard InChI is InChI=1S/C17H35NO2/c1-4-5-6-7-8-9-10-11-12-13-16(20)18-14-17(2,3)15-19/h19H,4-15H2,1-3H3,(H,18,20). The number of carbonyl (C=O) groups excluding carboxylic acids is 1. The zero-order valence-corrected chi connectivity index (χ0v) is 13.8. The lowest BCUT2D eigenvalue weighted by Crippen LogP contribution is -2.35. The van der Waals surface area contributed by atoms with Gasteiger partial charge in [0.25, 0.3) is 0 Å². The maximum atomic E-state index is 11.6. The molecule has 0 rings (SSSR count). The molecule has 0 heterocycles. The van der Waals surface area contributed by atoms with Crippen molar-refractivity contribution in [3.63, 3.8) is 0 Å². The predicted molar refractivity (Wildman–Crippen MR) is 85.7 cm³/mol. The number of hydrogen-bond acceptors (Lipinski definition) is 2. The minimum Gasteiger partial charge on any atom is -0.396 e. The van der Waals surface area contributed by atoms with Crippen LogP contribution in [0.2, 0.25) is 0 Å². The lowest BCUT2D eigenvalue weighted by molar-refractivity contribution is -0.121. The van der Waals surface area contributed by atoms with Gasteiger partial charge >= 0.3 is 0 Å². The monoisotopic (exact) mass is 285 g/mol. The minimum atomic E-state index is -0.214. The van der Waals surface area contributed by atoms with E-state index >= 15 is 0 Å². The average Bonchev–Trinajstić information content (AvgIpc) is 2.43. The van der Waals surface area contributed by atoms with Gasteiger partial charge in [-0.25, -0.2) is 0 Å². The molecular formula is C17H35NO2. The van der Waals surface area contributed by atoms with Crippen LogP contribution in [0.5, 0.6) is 0 Å². The molecule has 1 amide bonds. The van der Waals surface area contributed by atoms with Crippen LogP contribution in [-0.4, -0.2) is 24.2 Å². The molecule has 0 aromatic rings. The third kappa shape index (κ3) is 12.5. The molecule has 120 valence electrons. The van der Waals surface area contributed by atoms with E-state index < -0.39 is 0 Å². The molecule has 0 aromatic heterocycles. The zero-order chi connectivity index (χ0) is 15.3. The smallest absolute Gasteiger partial charge is 0.220 e. The van der Waals surface area contributed by atoms with E-state index in [0.29, 0.717) is 13.0 Å². The van der Waals surface area contributed by atoms with Crippen LogP contribution in [0, 0.1) is 5.41 Å². The molecule has 0 aromatic carbocycles. The van der Waals surface area contributed by atoms with Gasteiger partial charge in [-0.15, -0.1) is 0 Å². The Morgan fingerprint density at radius 2 is 1.45 bits per heavy atom. The number of nitrogens with one attached hydrogen (secondary N) is 1. The summed E-state index contributed by atoms with van der Waals surface area (Å²) in [5, 5.41) is 12.0. The van der Waals surface area contributed by atoms with E-state index in [1.807, 2.05) is 13.8 Å². The zero-order valence-electron chi connectivity index (χ0n) is 13.8. The number of carbonyl (C=O) groups is 1. The average molecular weight is 285 g/mol. The second kappa shape index (κ2) is 12.2. The molecule has 2 N–H and O–H groups in total. The summed E-state index contributed by atoms with van der Waals surface area (Å²) in [5.74, 6) is 0.120. The van der Waals surface area contributed by atoms with Crippen molar-refractivity contribution < 1.29 is 9.90 Å². The molecule has 0 aliphatic carbocycles. The summed E-state index contributed by atoms with van der Waals surface area (Å²) in [7, 11) is 0. The van der Waals surface area contributed by atoms with Gasteiger partial charge in [0.2, 0.25) is 5.91 Å². The van der Waals surface area contributed by atoms with Gasteiger partial charge in [0.05, 0.1) is 0 Å². The third-order valence-corrected chi connectivity index (χ3v) is 3.70. The van der Waals surface area contributed by atoms with Crippen LogP contribution in [0.15, 0.2) is 0 Å². The SMILES string of the molecule is CCCCCCCCCCCC(=O)NCC(C)(C)CO. The molecule has 20 heavy (non-hydrogen) atoms. The van der Waals surface area contributed by atoms with Crippen molar-refractivity contribution in [2.45, 2.75) is 85.0 Å². The first-order valence-electron chi connectivity index (χ1n) is 8.39. The van der Waals surface area contributed by atoms with Crippen LogP contribution in [-0.2, 0) is 4.79 Å². The highest BCUT2D eigenvalue weighted by Crippen LogP contribution is 2.12. The van der Waals surface area contributed by atoms with Gasteiger partial charge in [-0.3, -0.25) is 4.79 Å². The molecular weight excluding hydrogens is 250 g/mol. The topological polar surface area (TPSA) is 49.3 Å². The molecule has 3 nitrogen and oxygen atoms in total. The van der Waals surface area contributed by atoms with Gasteiger partial charge in [-0.1, -0.05) is 72.1 Å².